The number of hydrogen-bond donors (Lipinski definition) is 1. The van der Waals surface area contributed by atoms with Crippen molar-refractivity contribution in [3.05, 3.63) is 29.7 Å². The van der Waals surface area contributed by atoms with Crippen LogP contribution in [-0.4, -0.2) is 57.5 Å². The molecule has 0 amide bonds. The van der Waals surface area contributed by atoms with Crippen LogP contribution < -0.4 is 5.32 Å². The Morgan fingerprint density at radius 2 is 2.27 bits per heavy atom. The molecular formula is C17H28IN7O. The summed E-state index contributed by atoms with van der Waals surface area (Å²) in [7, 11) is 3.78. The van der Waals surface area contributed by atoms with E-state index in [9.17, 15) is 0 Å². The van der Waals surface area contributed by atoms with Crippen LogP contribution in [0.15, 0.2) is 21.9 Å². The third-order valence-corrected chi connectivity index (χ3v) is 4.52. The van der Waals surface area contributed by atoms with E-state index < -0.39 is 0 Å². The Kier molecular flexibility index (Phi) is 7.42. The fraction of sp³-hybridized carbons (Fsp3) is 0.647. The van der Waals surface area contributed by atoms with Crippen molar-refractivity contribution < 1.29 is 4.52 Å². The van der Waals surface area contributed by atoms with Gasteiger partial charge in [-0.3, -0.25) is 9.67 Å². The quantitative estimate of drug-likeness (QED) is 0.407. The Morgan fingerprint density at radius 3 is 2.88 bits per heavy atom. The molecule has 0 aliphatic carbocycles. The number of halogens is 1. The summed E-state index contributed by atoms with van der Waals surface area (Å²) in [6, 6.07) is 0. The molecule has 1 N–H and O–H groups in total. The van der Waals surface area contributed by atoms with Crippen LogP contribution in [0.2, 0.25) is 0 Å². The summed E-state index contributed by atoms with van der Waals surface area (Å²) in [6.45, 7) is 6.79. The number of aromatic nitrogens is 4. The zero-order valence-corrected chi connectivity index (χ0v) is 18.2. The molecule has 1 aliphatic heterocycles. The van der Waals surface area contributed by atoms with Crippen LogP contribution >= 0.6 is 24.0 Å². The predicted molar refractivity (Wildman–Crippen MR) is 111 cm³/mol. The monoisotopic (exact) mass is 473 g/mol. The van der Waals surface area contributed by atoms with Crippen molar-refractivity contribution in [2.45, 2.75) is 38.5 Å². The van der Waals surface area contributed by atoms with Crippen molar-refractivity contribution in [3.8, 4) is 0 Å². The van der Waals surface area contributed by atoms with Crippen LogP contribution in [0, 0.1) is 0 Å². The highest BCUT2D eigenvalue weighted by Gasteiger charge is 2.26. The van der Waals surface area contributed by atoms with Gasteiger partial charge in [-0.1, -0.05) is 19.0 Å². The minimum atomic E-state index is 0. The lowest BCUT2D eigenvalue weighted by molar-refractivity contribution is 0.370. The second-order valence-corrected chi connectivity index (χ2v) is 6.80. The first-order valence-electron chi connectivity index (χ1n) is 8.83. The van der Waals surface area contributed by atoms with Crippen LogP contribution in [0.25, 0.3) is 0 Å². The van der Waals surface area contributed by atoms with Crippen molar-refractivity contribution in [1.29, 1.82) is 0 Å². The maximum absolute atomic E-state index is 5.28. The lowest BCUT2D eigenvalue weighted by atomic mass is 10.0. The minimum Gasteiger partial charge on any atom is -0.356 e. The van der Waals surface area contributed by atoms with Crippen LogP contribution in [-0.2, 0) is 13.5 Å². The van der Waals surface area contributed by atoms with E-state index in [1.165, 1.54) is 5.56 Å². The van der Waals surface area contributed by atoms with Gasteiger partial charge in [-0.2, -0.15) is 10.1 Å². The summed E-state index contributed by atoms with van der Waals surface area (Å²) < 4.78 is 7.14. The van der Waals surface area contributed by atoms with E-state index in [1.807, 2.05) is 25.0 Å². The van der Waals surface area contributed by atoms with E-state index in [0.29, 0.717) is 18.2 Å². The molecule has 1 saturated heterocycles. The first-order valence-corrected chi connectivity index (χ1v) is 8.83. The Labute approximate surface area is 171 Å². The zero-order valence-electron chi connectivity index (χ0n) is 15.8. The fourth-order valence-electron chi connectivity index (χ4n) is 3.09. The van der Waals surface area contributed by atoms with Gasteiger partial charge in [0.15, 0.2) is 11.8 Å². The van der Waals surface area contributed by atoms with Crippen molar-refractivity contribution >= 4 is 29.9 Å². The second kappa shape index (κ2) is 9.33. The van der Waals surface area contributed by atoms with E-state index in [0.717, 1.165) is 37.8 Å². The summed E-state index contributed by atoms with van der Waals surface area (Å²) in [5.74, 6) is 3.15. The standard InChI is InChI=1S/C17H27N7O.HI/c1-12(2)16-21-15(25-22-16)5-7-19-17(18-3)24-8-6-13(11-24)14-9-20-23(4)10-14;/h9-10,12-13H,5-8,11H2,1-4H3,(H,18,19);1H. The van der Waals surface area contributed by atoms with Crippen molar-refractivity contribution in [2.24, 2.45) is 12.0 Å². The maximum Gasteiger partial charge on any atom is 0.228 e. The number of hydrogen-bond acceptors (Lipinski definition) is 5. The smallest absolute Gasteiger partial charge is 0.228 e. The lowest BCUT2D eigenvalue weighted by Crippen LogP contribution is -2.40. The predicted octanol–water partition coefficient (Wildman–Crippen LogP) is 2.15. The SMILES string of the molecule is CN=C(NCCc1nc(C(C)C)no1)N1CCC(c2cnn(C)c2)C1.I. The van der Waals surface area contributed by atoms with Gasteiger partial charge in [0, 0.05) is 58.2 Å². The zero-order chi connectivity index (χ0) is 17.8. The molecule has 2 aromatic heterocycles. The normalized spacial score (nSPS) is 17.7. The van der Waals surface area contributed by atoms with Gasteiger partial charge in [0.1, 0.15) is 0 Å². The highest BCUT2D eigenvalue weighted by molar-refractivity contribution is 14.0. The molecule has 3 rings (SSSR count). The number of rotatable bonds is 5. The van der Waals surface area contributed by atoms with Crippen molar-refractivity contribution in [1.82, 2.24) is 30.1 Å². The van der Waals surface area contributed by atoms with Gasteiger partial charge in [0.2, 0.25) is 5.89 Å². The van der Waals surface area contributed by atoms with Crippen LogP contribution in [0.3, 0.4) is 0 Å². The molecule has 1 atom stereocenters. The van der Waals surface area contributed by atoms with E-state index in [-0.39, 0.29) is 29.9 Å². The van der Waals surface area contributed by atoms with Gasteiger partial charge >= 0.3 is 0 Å². The topological polar surface area (TPSA) is 84.4 Å². The van der Waals surface area contributed by atoms with Gasteiger partial charge in [-0.25, -0.2) is 0 Å². The molecule has 144 valence electrons. The third kappa shape index (κ3) is 4.95. The third-order valence-electron chi connectivity index (χ3n) is 4.52. The molecule has 3 heterocycles. The van der Waals surface area contributed by atoms with Gasteiger partial charge < -0.3 is 14.7 Å². The molecule has 0 saturated carbocycles. The lowest BCUT2D eigenvalue weighted by Gasteiger charge is -2.21. The van der Waals surface area contributed by atoms with Crippen molar-refractivity contribution in [3.63, 3.8) is 0 Å². The molecular weight excluding hydrogens is 445 g/mol. The van der Waals surface area contributed by atoms with Gasteiger partial charge in [-0.15, -0.1) is 24.0 Å². The average Bonchev–Trinajstić information content (AvgIpc) is 3.31. The summed E-state index contributed by atoms with van der Waals surface area (Å²) in [5, 5.41) is 11.7. The Bertz CT molecular complexity index is 724. The van der Waals surface area contributed by atoms with E-state index in [1.54, 1.807) is 0 Å². The summed E-state index contributed by atoms with van der Waals surface area (Å²) in [6.07, 6.45) is 5.88. The first kappa shape index (κ1) is 20.7. The van der Waals surface area contributed by atoms with Crippen LogP contribution in [0.4, 0.5) is 0 Å². The number of aryl methyl sites for hydroxylation is 1. The molecule has 0 aromatic carbocycles. The molecule has 0 bridgehead atoms. The number of aliphatic imine (C=N–C) groups is 1. The largest absolute Gasteiger partial charge is 0.356 e. The summed E-state index contributed by atoms with van der Waals surface area (Å²) in [5.41, 5.74) is 1.30. The first-order chi connectivity index (χ1) is 12.1. The molecule has 1 fully saturated rings. The number of nitrogens with zero attached hydrogens (tertiary/aromatic N) is 6. The number of guanidine groups is 1. The summed E-state index contributed by atoms with van der Waals surface area (Å²) >= 11 is 0. The Balaban J connectivity index is 0.00000243. The highest BCUT2D eigenvalue weighted by Crippen LogP contribution is 2.26. The molecule has 2 aromatic rings. The Hall–Kier alpha value is -1.65. The number of likely N-dealkylation sites (tertiary alicyclic amines) is 1. The molecule has 1 aliphatic rings. The molecule has 1 unspecified atom stereocenters. The molecule has 8 nitrogen and oxygen atoms in total. The maximum atomic E-state index is 5.28. The van der Waals surface area contributed by atoms with Crippen LogP contribution in [0.1, 0.15) is 49.4 Å². The fourth-order valence-corrected chi connectivity index (χ4v) is 3.09. The Morgan fingerprint density at radius 1 is 1.46 bits per heavy atom. The van der Waals surface area contributed by atoms with Crippen molar-refractivity contribution in [2.75, 3.05) is 26.7 Å². The summed E-state index contributed by atoms with van der Waals surface area (Å²) in [4.78, 5) is 11.1. The van der Waals surface area contributed by atoms with Gasteiger partial charge in [-0.05, 0) is 12.0 Å². The number of nitrogens with one attached hydrogen (secondary N) is 1. The second-order valence-electron chi connectivity index (χ2n) is 6.80. The molecule has 0 spiro atoms. The van der Waals surface area contributed by atoms with Gasteiger partial charge in [0.05, 0.1) is 6.20 Å². The van der Waals surface area contributed by atoms with E-state index >= 15 is 0 Å². The van der Waals surface area contributed by atoms with E-state index in [2.05, 4.69) is 50.5 Å². The minimum absolute atomic E-state index is 0. The molecule has 9 heteroatoms. The van der Waals surface area contributed by atoms with Gasteiger partial charge in [0.25, 0.3) is 0 Å². The van der Waals surface area contributed by atoms with E-state index in [4.69, 9.17) is 4.52 Å². The molecule has 0 radical (unpaired) electrons. The highest BCUT2D eigenvalue weighted by atomic mass is 127. The van der Waals surface area contributed by atoms with Crippen LogP contribution in [0.5, 0.6) is 0 Å². The molecule has 26 heavy (non-hydrogen) atoms. The average molecular weight is 473 g/mol.